The summed E-state index contributed by atoms with van der Waals surface area (Å²) in [5.41, 5.74) is 0. The van der Waals surface area contributed by atoms with Gasteiger partial charge < -0.3 is 9.73 Å². The summed E-state index contributed by atoms with van der Waals surface area (Å²) in [4.78, 5) is 12.0. The summed E-state index contributed by atoms with van der Waals surface area (Å²) < 4.78 is 29.8. The van der Waals surface area contributed by atoms with Crippen LogP contribution in [0.3, 0.4) is 0 Å². The summed E-state index contributed by atoms with van der Waals surface area (Å²) in [7, 11) is -3.46. The van der Waals surface area contributed by atoms with Crippen LogP contribution < -0.4 is 5.32 Å². The lowest BCUT2D eigenvalue weighted by atomic mass is 10.4. The fraction of sp³-hybridized carbons (Fsp3) is 0.267. The molecule has 21 heavy (non-hydrogen) atoms. The van der Waals surface area contributed by atoms with Gasteiger partial charge in [-0.1, -0.05) is 18.2 Å². The summed E-state index contributed by atoms with van der Waals surface area (Å²) >= 11 is 0. The molecule has 3 rings (SSSR count). The highest BCUT2D eigenvalue weighted by Gasteiger charge is 2.25. The fourth-order valence-corrected chi connectivity index (χ4v) is 3.23. The summed E-state index contributed by atoms with van der Waals surface area (Å²) in [6, 6.07) is 11.5. The number of rotatable bonds is 5. The van der Waals surface area contributed by atoms with E-state index in [4.69, 9.17) is 4.42 Å². The van der Waals surface area contributed by atoms with Crippen molar-refractivity contribution in [1.82, 2.24) is 5.32 Å². The van der Waals surface area contributed by atoms with Crippen LogP contribution in [0.5, 0.6) is 0 Å². The van der Waals surface area contributed by atoms with Gasteiger partial charge in [-0.25, -0.2) is 8.42 Å². The molecule has 0 radical (unpaired) electrons. The van der Waals surface area contributed by atoms with E-state index in [-0.39, 0.29) is 34.1 Å². The summed E-state index contributed by atoms with van der Waals surface area (Å²) in [5.74, 6) is -0.130. The summed E-state index contributed by atoms with van der Waals surface area (Å²) in [5, 5.41) is 2.80. The number of nitrogens with one attached hydrogen (secondary N) is 1. The first-order valence-corrected chi connectivity index (χ1v) is 8.37. The zero-order valence-electron chi connectivity index (χ0n) is 11.3. The number of carbonyl (C=O) groups is 1. The predicted octanol–water partition coefficient (Wildman–Crippen LogP) is 2.15. The minimum atomic E-state index is -3.46. The van der Waals surface area contributed by atoms with E-state index >= 15 is 0 Å². The number of sulfone groups is 1. The Kier molecular flexibility index (Phi) is 3.55. The normalized spacial score (nSPS) is 14.9. The van der Waals surface area contributed by atoms with Crippen LogP contribution in [0, 0.1) is 0 Å². The van der Waals surface area contributed by atoms with Crippen LogP contribution in [-0.2, 0) is 15.6 Å². The van der Waals surface area contributed by atoms with Gasteiger partial charge in [-0.2, -0.15) is 0 Å². The lowest BCUT2D eigenvalue weighted by Gasteiger charge is -2.02. The van der Waals surface area contributed by atoms with Gasteiger partial charge in [0.25, 0.3) is 5.91 Å². The van der Waals surface area contributed by atoms with Crippen LogP contribution in [0.25, 0.3) is 0 Å². The van der Waals surface area contributed by atoms with Crippen LogP contribution in [0.15, 0.2) is 51.8 Å². The van der Waals surface area contributed by atoms with Gasteiger partial charge in [-0.05, 0) is 37.1 Å². The summed E-state index contributed by atoms with van der Waals surface area (Å²) in [6.45, 7) is 0. The lowest BCUT2D eigenvalue weighted by molar-refractivity contribution is 0.0922. The van der Waals surface area contributed by atoms with Gasteiger partial charge in [-0.3, -0.25) is 4.79 Å². The third-order valence-electron chi connectivity index (χ3n) is 3.23. The van der Waals surface area contributed by atoms with Crippen LogP contribution in [0.2, 0.25) is 0 Å². The quantitative estimate of drug-likeness (QED) is 0.918. The Bertz CT molecular complexity index is 745. The van der Waals surface area contributed by atoms with E-state index in [1.54, 1.807) is 30.3 Å². The first kappa shape index (κ1) is 13.9. The van der Waals surface area contributed by atoms with Gasteiger partial charge in [0.05, 0.1) is 4.90 Å². The number of furan rings is 1. The molecule has 1 heterocycles. The number of hydrogen-bond acceptors (Lipinski definition) is 4. The average Bonchev–Trinajstić information content (AvgIpc) is 3.16. The van der Waals surface area contributed by atoms with Gasteiger partial charge in [0.2, 0.25) is 0 Å². The smallest absolute Gasteiger partial charge is 0.287 e. The highest BCUT2D eigenvalue weighted by Crippen LogP contribution is 2.21. The second-order valence-electron chi connectivity index (χ2n) is 5.09. The zero-order valence-corrected chi connectivity index (χ0v) is 12.1. The van der Waals surface area contributed by atoms with Crippen molar-refractivity contribution < 1.29 is 17.6 Å². The first-order chi connectivity index (χ1) is 10.0. The maximum absolute atomic E-state index is 12.2. The highest BCUT2D eigenvalue weighted by molar-refractivity contribution is 7.90. The predicted molar refractivity (Wildman–Crippen MR) is 76.5 cm³/mol. The van der Waals surface area contributed by atoms with Crippen LogP contribution in [-0.4, -0.2) is 20.4 Å². The molecule has 0 bridgehead atoms. The van der Waals surface area contributed by atoms with E-state index < -0.39 is 9.84 Å². The van der Waals surface area contributed by atoms with Crippen molar-refractivity contribution in [3.8, 4) is 0 Å². The Labute approximate surface area is 122 Å². The molecule has 6 heteroatoms. The molecule has 1 aromatic heterocycles. The zero-order chi connectivity index (χ0) is 14.9. The highest BCUT2D eigenvalue weighted by atomic mass is 32.2. The van der Waals surface area contributed by atoms with Gasteiger partial charge in [0, 0.05) is 6.04 Å². The molecular formula is C15H15NO4S. The van der Waals surface area contributed by atoms with Crippen molar-refractivity contribution in [2.45, 2.75) is 29.5 Å². The van der Waals surface area contributed by atoms with Gasteiger partial charge >= 0.3 is 0 Å². The molecule has 0 unspecified atom stereocenters. The minimum absolute atomic E-state index is 0.153. The van der Waals surface area contributed by atoms with E-state index in [2.05, 4.69) is 5.32 Å². The number of amides is 1. The molecule has 1 saturated carbocycles. The topological polar surface area (TPSA) is 76.4 Å². The Hall–Kier alpha value is -2.08. The Morgan fingerprint density at radius 1 is 1.14 bits per heavy atom. The van der Waals surface area contributed by atoms with E-state index in [9.17, 15) is 13.2 Å². The molecule has 0 spiro atoms. The molecule has 0 atom stereocenters. The summed E-state index contributed by atoms with van der Waals surface area (Å²) in [6.07, 6.45) is 1.98. The van der Waals surface area contributed by atoms with Crippen LogP contribution in [0.4, 0.5) is 0 Å². The third-order valence-corrected chi connectivity index (χ3v) is 4.89. The molecule has 110 valence electrons. The van der Waals surface area contributed by atoms with Gasteiger partial charge in [0.15, 0.2) is 15.6 Å². The van der Waals surface area contributed by atoms with E-state index in [1.165, 1.54) is 12.1 Å². The molecule has 0 aliphatic heterocycles. The first-order valence-electron chi connectivity index (χ1n) is 6.72. The molecule has 1 aromatic carbocycles. The average molecular weight is 305 g/mol. The molecule has 5 nitrogen and oxygen atoms in total. The van der Waals surface area contributed by atoms with Gasteiger partial charge in [0.1, 0.15) is 11.5 Å². The maximum Gasteiger partial charge on any atom is 0.287 e. The van der Waals surface area contributed by atoms with Crippen LogP contribution >= 0.6 is 0 Å². The molecule has 1 fully saturated rings. The maximum atomic E-state index is 12.2. The Morgan fingerprint density at radius 3 is 2.52 bits per heavy atom. The van der Waals surface area contributed by atoms with Crippen molar-refractivity contribution in [3.63, 3.8) is 0 Å². The molecule has 1 aliphatic rings. The molecule has 1 amide bonds. The third kappa shape index (κ3) is 3.33. The fourth-order valence-electron chi connectivity index (χ4n) is 1.96. The number of benzene rings is 1. The molecule has 1 aliphatic carbocycles. The van der Waals surface area contributed by atoms with Crippen molar-refractivity contribution in [2.75, 3.05) is 0 Å². The lowest BCUT2D eigenvalue weighted by Crippen LogP contribution is -2.24. The van der Waals surface area contributed by atoms with E-state index in [0.29, 0.717) is 0 Å². The molecule has 1 N–H and O–H groups in total. The number of hydrogen-bond donors (Lipinski definition) is 1. The Morgan fingerprint density at radius 2 is 1.86 bits per heavy atom. The van der Waals surface area contributed by atoms with E-state index in [1.807, 2.05) is 0 Å². The van der Waals surface area contributed by atoms with Gasteiger partial charge in [-0.15, -0.1) is 0 Å². The molecule has 2 aromatic rings. The van der Waals surface area contributed by atoms with Crippen molar-refractivity contribution >= 4 is 15.7 Å². The van der Waals surface area contributed by atoms with Crippen molar-refractivity contribution in [2.24, 2.45) is 0 Å². The van der Waals surface area contributed by atoms with Crippen molar-refractivity contribution in [3.05, 3.63) is 54.0 Å². The second kappa shape index (κ2) is 5.37. The monoisotopic (exact) mass is 305 g/mol. The standard InChI is InChI=1S/C15H15NO4S/c17-15(16-11-6-7-11)14-9-8-12(20-14)10-21(18,19)13-4-2-1-3-5-13/h1-5,8-9,11H,6-7,10H2,(H,16,17). The Balaban J connectivity index is 1.73. The minimum Gasteiger partial charge on any atom is -0.455 e. The molecule has 0 saturated heterocycles. The SMILES string of the molecule is O=C(NC1CC1)c1ccc(CS(=O)(=O)c2ccccc2)o1. The largest absolute Gasteiger partial charge is 0.455 e. The van der Waals surface area contributed by atoms with E-state index in [0.717, 1.165) is 12.8 Å². The molecular weight excluding hydrogens is 290 g/mol. The van der Waals surface area contributed by atoms with Crippen molar-refractivity contribution in [1.29, 1.82) is 0 Å². The van der Waals surface area contributed by atoms with Crippen LogP contribution in [0.1, 0.15) is 29.2 Å². The second-order valence-corrected chi connectivity index (χ2v) is 7.08. The number of carbonyl (C=O) groups excluding carboxylic acids is 1.